The Labute approximate surface area is 121 Å². The Hall–Kier alpha value is -1.28. The molecule has 1 atom stereocenters. The average molecular weight is 322 g/mol. The number of sulfonamides is 1. The highest BCUT2D eigenvalue weighted by atomic mass is 32.2. The van der Waals surface area contributed by atoms with Gasteiger partial charge in [0.15, 0.2) is 0 Å². The fourth-order valence-corrected chi connectivity index (χ4v) is 4.08. The molecule has 1 unspecified atom stereocenters. The van der Waals surface area contributed by atoms with Gasteiger partial charge in [0.05, 0.1) is 10.5 Å². The Morgan fingerprint density at radius 3 is 2.57 bits per heavy atom. The second kappa shape index (κ2) is 5.49. The number of hydrogen-bond acceptors (Lipinski definition) is 3. The van der Waals surface area contributed by atoms with Crippen LogP contribution < -0.4 is 5.73 Å². The first-order valence-electron chi connectivity index (χ1n) is 6.59. The van der Waals surface area contributed by atoms with E-state index < -0.39 is 27.5 Å². The number of anilines is 1. The van der Waals surface area contributed by atoms with E-state index in [0.717, 1.165) is 18.6 Å². The first kappa shape index (κ1) is 16.1. The average Bonchev–Trinajstić information content (AvgIpc) is 2.37. The summed E-state index contributed by atoms with van der Waals surface area (Å²) >= 11 is 0. The Morgan fingerprint density at radius 2 is 2.00 bits per heavy atom. The molecular weight excluding hydrogens is 305 g/mol. The van der Waals surface area contributed by atoms with Gasteiger partial charge in [0.25, 0.3) is 0 Å². The van der Waals surface area contributed by atoms with Crippen LogP contribution in [0.2, 0.25) is 0 Å². The smallest absolute Gasteiger partial charge is 0.398 e. The van der Waals surface area contributed by atoms with Crippen molar-refractivity contribution in [2.75, 3.05) is 18.8 Å². The predicted molar refractivity (Wildman–Crippen MR) is 73.0 cm³/mol. The third-order valence-corrected chi connectivity index (χ3v) is 5.45. The molecule has 4 nitrogen and oxygen atoms in total. The Morgan fingerprint density at radius 1 is 1.33 bits per heavy atom. The molecule has 0 saturated carbocycles. The summed E-state index contributed by atoms with van der Waals surface area (Å²) in [5, 5.41) is 0. The normalized spacial score (nSPS) is 21.4. The lowest BCUT2D eigenvalue weighted by Gasteiger charge is -2.30. The quantitative estimate of drug-likeness (QED) is 0.852. The highest BCUT2D eigenvalue weighted by molar-refractivity contribution is 7.89. The van der Waals surface area contributed by atoms with Crippen molar-refractivity contribution in [1.82, 2.24) is 4.31 Å². The molecule has 8 heteroatoms. The van der Waals surface area contributed by atoms with Crippen molar-refractivity contribution in [3.05, 3.63) is 23.8 Å². The fourth-order valence-electron chi connectivity index (χ4n) is 2.46. The Kier molecular flexibility index (Phi) is 4.21. The van der Waals surface area contributed by atoms with E-state index in [2.05, 4.69) is 0 Å². The molecule has 0 spiro atoms. The largest absolute Gasteiger partial charge is 0.418 e. The van der Waals surface area contributed by atoms with Gasteiger partial charge in [-0.1, -0.05) is 6.92 Å². The SMILES string of the molecule is CC1CCCN(S(=O)(=O)c2ccc(N)c(C(F)(F)F)c2)C1. The number of nitrogens with two attached hydrogens (primary N) is 1. The molecular formula is C13H17F3N2O2S. The van der Waals surface area contributed by atoms with Crippen molar-refractivity contribution < 1.29 is 21.6 Å². The van der Waals surface area contributed by atoms with Crippen molar-refractivity contribution in [2.24, 2.45) is 5.92 Å². The molecule has 2 rings (SSSR count). The number of rotatable bonds is 2. The summed E-state index contributed by atoms with van der Waals surface area (Å²) in [6, 6.07) is 2.73. The summed E-state index contributed by atoms with van der Waals surface area (Å²) < 4.78 is 64.6. The molecule has 0 bridgehead atoms. The first-order chi connectivity index (χ1) is 9.62. The summed E-state index contributed by atoms with van der Waals surface area (Å²) in [5.41, 5.74) is 3.70. The molecule has 2 N–H and O–H groups in total. The third-order valence-electron chi connectivity index (χ3n) is 3.59. The van der Waals surface area contributed by atoms with Crippen molar-refractivity contribution in [2.45, 2.75) is 30.8 Å². The van der Waals surface area contributed by atoms with E-state index in [0.29, 0.717) is 25.6 Å². The van der Waals surface area contributed by atoms with Gasteiger partial charge >= 0.3 is 6.18 Å². The summed E-state index contributed by atoms with van der Waals surface area (Å²) in [4.78, 5) is -0.363. The molecule has 1 saturated heterocycles. The second-order valence-electron chi connectivity index (χ2n) is 5.36. The van der Waals surface area contributed by atoms with E-state index in [1.807, 2.05) is 6.92 Å². The van der Waals surface area contributed by atoms with E-state index in [1.54, 1.807) is 0 Å². The topological polar surface area (TPSA) is 63.4 Å². The van der Waals surface area contributed by atoms with E-state index in [-0.39, 0.29) is 10.8 Å². The highest BCUT2D eigenvalue weighted by Crippen LogP contribution is 2.35. The minimum atomic E-state index is -4.68. The van der Waals surface area contributed by atoms with Gasteiger partial charge in [-0.05, 0) is 37.0 Å². The van der Waals surface area contributed by atoms with Crippen LogP contribution in [0, 0.1) is 5.92 Å². The van der Waals surface area contributed by atoms with Gasteiger partial charge in [-0.25, -0.2) is 8.42 Å². The minimum absolute atomic E-state index is 0.199. The van der Waals surface area contributed by atoms with Crippen LogP contribution in [-0.4, -0.2) is 25.8 Å². The maximum Gasteiger partial charge on any atom is 0.418 e. The molecule has 1 aliphatic rings. The number of nitrogen functional groups attached to an aromatic ring is 1. The molecule has 0 radical (unpaired) electrons. The van der Waals surface area contributed by atoms with Crippen molar-refractivity contribution in [3.8, 4) is 0 Å². The van der Waals surface area contributed by atoms with Gasteiger partial charge in [-0.15, -0.1) is 0 Å². The lowest BCUT2D eigenvalue weighted by Crippen LogP contribution is -2.39. The standard InChI is InChI=1S/C13H17F3N2O2S/c1-9-3-2-6-18(8-9)21(19,20)10-4-5-12(17)11(7-10)13(14,15)16/h4-5,7,9H,2-3,6,8,17H2,1H3. The van der Waals surface area contributed by atoms with Crippen LogP contribution >= 0.6 is 0 Å². The van der Waals surface area contributed by atoms with Crippen LogP contribution in [0.15, 0.2) is 23.1 Å². The van der Waals surface area contributed by atoms with Gasteiger partial charge in [0.2, 0.25) is 10.0 Å². The molecule has 0 amide bonds. The number of piperidine rings is 1. The first-order valence-corrected chi connectivity index (χ1v) is 8.03. The zero-order valence-corrected chi connectivity index (χ0v) is 12.3. The summed E-state index contributed by atoms with van der Waals surface area (Å²) in [6.45, 7) is 2.58. The molecule has 1 aliphatic heterocycles. The molecule has 118 valence electrons. The van der Waals surface area contributed by atoms with Crippen molar-refractivity contribution in [1.29, 1.82) is 0 Å². The van der Waals surface area contributed by atoms with E-state index in [4.69, 9.17) is 5.73 Å². The zero-order valence-electron chi connectivity index (χ0n) is 11.5. The number of nitrogens with zero attached hydrogens (tertiary/aromatic N) is 1. The molecule has 1 aromatic carbocycles. The van der Waals surface area contributed by atoms with Crippen LogP contribution in [-0.2, 0) is 16.2 Å². The fraction of sp³-hybridized carbons (Fsp3) is 0.538. The van der Waals surface area contributed by atoms with Crippen LogP contribution in [0.3, 0.4) is 0 Å². The third kappa shape index (κ3) is 3.32. The van der Waals surface area contributed by atoms with Gasteiger partial charge in [0, 0.05) is 18.8 Å². The molecule has 0 aliphatic carbocycles. The number of halogens is 3. The molecule has 0 aromatic heterocycles. The molecule has 1 heterocycles. The summed E-state index contributed by atoms with van der Waals surface area (Å²) in [5.74, 6) is 0.199. The number of hydrogen-bond donors (Lipinski definition) is 1. The van der Waals surface area contributed by atoms with Crippen molar-refractivity contribution in [3.63, 3.8) is 0 Å². The summed E-state index contributed by atoms with van der Waals surface area (Å²) in [6.07, 6.45) is -3.05. The van der Waals surface area contributed by atoms with Gasteiger partial charge in [0.1, 0.15) is 0 Å². The maximum absolute atomic E-state index is 12.8. The van der Waals surface area contributed by atoms with Crippen LogP contribution in [0.25, 0.3) is 0 Å². The maximum atomic E-state index is 12.8. The minimum Gasteiger partial charge on any atom is -0.398 e. The molecule has 1 fully saturated rings. The van der Waals surface area contributed by atoms with Crippen molar-refractivity contribution >= 4 is 15.7 Å². The lowest BCUT2D eigenvalue weighted by atomic mass is 10.0. The number of alkyl halides is 3. The second-order valence-corrected chi connectivity index (χ2v) is 7.30. The van der Waals surface area contributed by atoms with Gasteiger partial charge < -0.3 is 5.73 Å². The highest BCUT2D eigenvalue weighted by Gasteiger charge is 2.36. The van der Waals surface area contributed by atoms with Gasteiger partial charge in [-0.3, -0.25) is 0 Å². The van der Waals surface area contributed by atoms with Crippen LogP contribution in [0.4, 0.5) is 18.9 Å². The lowest BCUT2D eigenvalue weighted by molar-refractivity contribution is -0.137. The van der Waals surface area contributed by atoms with E-state index in [1.165, 1.54) is 4.31 Å². The molecule has 1 aromatic rings. The monoisotopic (exact) mass is 322 g/mol. The Balaban J connectivity index is 2.41. The predicted octanol–water partition coefficient (Wildman–Crippen LogP) is 2.71. The zero-order chi connectivity index (χ0) is 15.8. The molecule has 21 heavy (non-hydrogen) atoms. The van der Waals surface area contributed by atoms with E-state index in [9.17, 15) is 21.6 Å². The van der Waals surface area contributed by atoms with Crippen LogP contribution in [0.1, 0.15) is 25.3 Å². The summed E-state index contributed by atoms with van der Waals surface area (Å²) in [7, 11) is -3.92. The number of benzene rings is 1. The van der Waals surface area contributed by atoms with Crippen LogP contribution in [0.5, 0.6) is 0 Å². The Bertz CT molecular complexity index is 629. The van der Waals surface area contributed by atoms with Gasteiger partial charge in [-0.2, -0.15) is 17.5 Å². The van der Waals surface area contributed by atoms with E-state index >= 15 is 0 Å².